The molecule has 4 nitrogen and oxygen atoms in total. The van der Waals surface area contributed by atoms with E-state index in [9.17, 15) is 9.90 Å². The summed E-state index contributed by atoms with van der Waals surface area (Å²) in [6.45, 7) is 0. The van der Waals surface area contributed by atoms with Crippen LogP contribution >= 0.6 is 0 Å². The fourth-order valence-corrected chi connectivity index (χ4v) is 2.07. The van der Waals surface area contributed by atoms with Gasteiger partial charge in [0, 0.05) is 23.1 Å². The van der Waals surface area contributed by atoms with Gasteiger partial charge in [0.05, 0.1) is 5.56 Å². The van der Waals surface area contributed by atoms with E-state index in [0.29, 0.717) is 11.4 Å². The molecule has 0 aliphatic heterocycles. The number of carboxylic acids is 1. The molecule has 2 aromatic rings. The number of hydrogen-bond acceptors (Lipinski definition) is 2. The standard InChI is InChI=1S/C12H11NO3/c14-8-3-4-11-9(5-8)10(12(15)16)6-13(11)7-1-2-7/h3-7,14H,1-2H2,(H,15,16). The molecule has 1 aliphatic rings. The Morgan fingerprint density at radius 1 is 1.38 bits per heavy atom. The van der Waals surface area contributed by atoms with E-state index >= 15 is 0 Å². The molecular weight excluding hydrogens is 206 g/mol. The normalized spacial score (nSPS) is 15.5. The number of carboxylic acid groups (broad SMARTS) is 1. The van der Waals surface area contributed by atoms with Crippen LogP contribution in [-0.4, -0.2) is 20.7 Å². The number of phenolic OH excluding ortho intramolecular Hbond substituents is 1. The summed E-state index contributed by atoms with van der Waals surface area (Å²) in [5.74, 6) is -0.849. The van der Waals surface area contributed by atoms with Crippen LogP contribution in [0.25, 0.3) is 10.9 Å². The highest BCUT2D eigenvalue weighted by molar-refractivity contribution is 6.04. The van der Waals surface area contributed by atoms with Gasteiger partial charge in [-0.1, -0.05) is 0 Å². The first-order valence-electron chi connectivity index (χ1n) is 5.23. The van der Waals surface area contributed by atoms with Crippen LogP contribution in [0.3, 0.4) is 0 Å². The number of aromatic carboxylic acids is 1. The highest BCUT2D eigenvalue weighted by Crippen LogP contribution is 2.39. The first kappa shape index (κ1) is 9.27. The van der Waals surface area contributed by atoms with E-state index in [4.69, 9.17) is 5.11 Å². The van der Waals surface area contributed by atoms with Gasteiger partial charge in [0.25, 0.3) is 0 Å². The van der Waals surface area contributed by atoms with Crippen LogP contribution in [0.15, 0.2) is 24.4 Å². The van der Waals surface area contributed by atoms with E-state index < -0.39 is 5.97 Å². The molecule has 2 N–H and O–H groups in total. The monoisotopic (exact) mass is 217 g/mol. The van der Waals surface area contributed by atoms with Crippen LogP contribution in [0.2, 0.25) is 0 Å². The smallest absolute Gasteiger partial charge is 0.337 e. The molecule has 1 heterocycles. The van der Waals surface area contributed by atoms with Crippen LogP contribution in [0.4, 0.5) is 0 Å². The molecule has 0 amide bonds. The Morgan fingerprint density at radius 2 is 2.12 bits per heavy atom. The number of aromatic nitrogens is 1. The summed E-state index contributed by atoms with van der Waals surface area (Å²) in [6.07, 6.45) is 3.87. The van der Waals surface area contributed by atoms with E-state index in [0.717, 1.165) is 18.4 Å². The molecule has 1 aromatic heterocycles. The minimum atomic E-state index is -0.949. The molecule has 4 heteroatoms. The van der Waals surface area contributed by atoms with Crippen LogP contribution in [0.1, 0.15) is 29.2 Å². The lowest BCUT2D eigenvalue weighted by molar-refractivity contribution is 0.0699. The van der Waals surface area contributed by atoms with Crippen molar-refractivity contribution in [3.63, 3.8) is 0 Å². The molecule has 0 spiro atoms. The highest BCUT2D eigenvalue weighted by atomic mass is 16.4. The van der Waals surface area contributed by atoms with Gasteiger partial charge >= 0.3 is 5.97 Å². The Labute approximate surface area is 91.7 Å². The van der Waals surface area contributed by atoms with Gasteiger partial charge in [-0.3, -0.25) is 0 Å². The van der Waals surface area contributed by atoms with E-state index in [1.54, 1.807) is 18.3 Å². The van der Waals surface area contributed by atoms with Crippen molar-refractivity contribution in [3.05, 3.63) is 30.0 Å². The molecule has 0 saturated heterocycles. The van der Waals surface area contributed by atoms with Crippen molar-refractivity contribution in [1.29, 1.82) is 0 Å². The SMILES string of the molecule is O=C(O)c1cn(C2CC2)c2ccc(O)cc12. The number of phenols is 1. The third-order valence-corrected chi connectivity index (χ3v) is 2.99. The summed E-state index contributed by atoms with van der Waals surface area (Å²) in [4.78, 5) is 11.1. The van der Waals surface area contributed by atoms with Crippen molar-refractivity contribution >= 4 is 16.9 Å². The van der Waals surface area contributed by atoms with E-state index in [2.05, 4.69) is 0 Å². The van der Waals surface area contributed by atoms with Crippen molar-refractivity contribution in [1.82, 2.24) is 4.57 Å². The number of aromatic hydroxyl groups is 1. The molecule has 16 heavy (non-hydrogen) atoms. The Balaban J connectivity index is 2.32. The summed E-state index contributed by atoms with van der Waals surface area (Å²) in [5.41, 5.74) is 1.15. The predicted octanol–water partition coefficient (Wildman–Crippen LogP) is 2.38. The first-order chi connectivity index (χ1) is 7.66. The Morgan fingerprint density at radius 3 is 2.75 bits per heavy atom. The lowest BCUT2D eigenvalue weighted by Gasteiger charge is -2.01. The number of benzene rings is 1. The molecule has 82 valence electrons. The largest absolute Gasteiger partial charge is 0.508 e. The minimum Gasteiger partial charge on any atom is -0.508 e. The average Bonchev–Trinajstić information content (AvgIpc) is 2.99. The van der Waals surface area contributed by atoms with Gasteiger partial charge in [-0.15, -0.1) is 0 Å². The summed E-state index contributed by atoms with van der Waals surface area (Å²) < 4.78 is 2.00. The van der Waals surface area contributed by atoms with Gasteiger partial charge in [-0.25, -0.2) is 4.79 Å². The second-order valence-corrected chi connectivity index (χ2v) is 4.19. The number of hydrogen-bond donors (Lipinski definition) is 2. The molecule has 1 fully saturated rings. The van der Waals surface area contributed by atoms with E-state index in [-0.39, 0.29) is 11.3 Å². The second kappa shape index (κ2) is 3.01. The maximum absolute atomic E-state index is 11.1. The van der Waals surface area contributed by atoms with Gasteiger partial charge in [0.2, 0.25) is 0 Å². The molecule has 0 atom stereocenters. The van der Waals surface area contributed by atoms with Crippen molar-refractivity contribution in [2.45, 2.75) is 18.9 Å². The number of nitrogens with zero attached hydrogens (tertiary/aromatic N) is 1. The topological polar surface area (TPSA) is 62.5 Å². The third-order valence-electron chi connectivity index (χ3n) is 2.99. The fourth-order valence-electron chi connectivity index (χ4n) is 2.07. The maximum Gasteiger partial charge on any atom is 0.337 e. The molecule has 1 aromatic carbocycles. The lowest BCUT2D eigenvalue weighted by Crippen LogP contribution is -1.94. The highest BCUT2D eigenvalue weighted by Gasteiger charge is 2.27. The average molecular weight is 217 g/mol. The van der Waals surface area contributed by atoms with Crippen molar-refractivity contribution in [2.24, 2.45) is 0 Å². The number of fused-ring (bicyclic) bond motifs is 1. The molecule has 1 aliphatic carbocycles. The zero-order chi connectivity index (χ0) is 11.3. The van der Waals surface area contributed by atoms with Crippen molar-refractivity contribution in [2.75, 3.05) is 0 Å². The van der Waals surface area contributed by atoms with Gasteiger partial charge in [0.15, 0.2) is 0 Å². The van der Waals surface area contributed by atoms with Crippen LogP contribution in [0.5, 0.6) is 5.75 Å². The van der Waals surface area contributed by atoms with Crippen LogP contribution in [0, 0.1) is 0 Å². The fraction of sp³-hybridized carbons (Fsp3) is 0.250. The number of rotatable bonds is 2. The molecule has 3 rings (SSSR count). The van der Waals surface area contributed by atoms with Gasteiger partial charge < -0.3 is 14.8 Å². The minimum absolute atomic E-state index is 0.101. The van der Waals surface area contributed by atoms with Gasteiger partial charge in [0.1, 0.15) is 5.75 Å². The molecule has 1 saturated carbocycles. The molecule has 0 radical (unpaired) electrons. The Bertz CT molecular complexity index is 581. The zero-order valence-electron chi connectivity index (χ0n) is 8.55. The van der Waals surface area contributed by atoms with Gasteiger partial charge in [-0.2, -0.15) is 0 Å². The predicted molar refractivity (Wildman–Crippen MR) is 58.8 cm³/mol. The molecule has 0 unspecified atom stereocenters. The maximum atomic E-state index is 11.1. The molecular formula is C12H11NO3. The lowest BCUT2D eigenvalue weighted by atomic mass is 10.2. The van der Waals surface area contributed by atoms with Gasteiger partial charge in [-0.05, 0) is 31.0 Å². The Kier molecular flexibility index (Phi) is 1.74. The van der Waals surface area contributed by atoms with E-state index in [1.807, 2.05) is 4.57 Å². The second-order valence-electron chi connectivity index (χ2n) is 4.19. The van der Waals surface area contributed by atoms with Crippen molar-refractivity contribution in [3.8, 4) is 5.75 Å². The third kappa shape index (κ3) is 1.26. The summed E-state index contributed by atoms with van der Waals surface area (Å²) in [5, 5.41) is 19.1. The Hall–Kier alpha value is -1.97. The zero-order valence-corrected chi connectivity index (χ0v) is 8.55. The quantitative estimate of drug-likeness (QED) is 0.811. The summed E-state index contributed by atoms with van der Waals surface area (Å²) in [6, 6.07) is 5.31. The number of carbonyl (C=O) groups is 1. The molecule has 0 bridgehead atoms. The summed E-state index contributed by atoms with van der Waals surface area (Å²) in [7, 11) is 0. The summed E-state index contributed by atoms with van der Waals surface area (Å²) >= 11 is 0. The first-order valence-corrected chi connectivity index (χ1v) is 5.23. The van der Waals surface area contributed by atoms with Crippen molar-refractivity contribution < 1.29 is 15.0 Å². The van der Waals surface area contributed by atoms with Crippen LogP contribution < -0.4 is 0 Å². The van der Waals surface area contributed by atoms with E-state index in [1.165, 1.54) is 6.07 Å². The van der Waals surface area contributed by atoms with Crippen LogP contribution in [-0.2, 0) is 0 Å².